The Morgan fingerprint density at radius 2 is 1.74 bits per heavy atom. The molecule has 0 unspecified atom stereocenters. The van der Waals surface area contributed by atoms with E-state index in [2.05, 4.69) is 0 Å². The molecule has 0 atom stereocenters. The number of hydrogen-bond donors (Lipinski definition) is 0. The lowest BCUT2D eigenvalue weighted by Gasteiger charge is -2.24. The van der Waals surface area contributed by atoms with Gasteiger partial charge in [-0.15, -0.1) is 0 Å². The normalized spacial score (nSPS) is 11.7. The Morgan fingerprint density at radius 1 is 1.10 bits per heavy atom. The lowest BCUT2D eigenvalue weighted by Crippen LogP contribution is -2.36. The number of likely N-dealkylation sites (N-methyl/N-ethyl adjacent to an activating group) is 1. The molecule has 0 spiro atoms. The molecule has 0 saturated carbocycles. The quantitative estimate of drug-likeness (QED) is 0.531. The second-order valence-corrected chi connectivity index (χ2v) is 8.09. The summed E-state index contributed by atoms with van der Waals surface area (Å²) in [4.78, 5) is 26.1. The molecule has 0 aliphatic heterocycles. The van der Waals surface area contributed by atoms with Gasteiger partial charge in [-0.2, -0.15) is 0 Å². The fourth-order valence-corrected chi connectivity index (χ4v) is 2.95. The predicted octanol–water partition coefficient (Wildman–Crippen LogP) is 3.65. The molecule has 172 valence electrons. The average Bonchev–Trinajstić information content (AvgIpc) is 2.69. The van der Waals surface area contributed by atoms with Gasteiger partial charge in [-0.05, 0) is 58.2 Å². The third kappa shape index (κ3) is 7.56. The van der Waals surface area contributed by atoms with E-state index in [1.54, 1.807) is 17.7 Å². The Kier molecular flexibility index (Phi) is 8.88. The average molecular weight is 435 g/mol. The van der Waals surface area contributed by atoms with Crippen molar-refractivity contribution in [2.75, 3.05) is 33.4 Å². The Labute approximate surface area is 183 Å². The lowest BCUT2D eigenvalue weighted by molar-refractivity contribution is -0.143. The second-order valence-electron chi connectivity index (χ2n) is 8.09. The van der Waals surface area contributed by atoms with Gasteiger partial charge in [-0.1, -0.05) is 0 Å². The number of aromatic nitrogens is 1. The molecule has 0 bridgehead atoms. The van der Waals surface area contributed by atoms with Crippen molar-refractivity contribution in [3.8, 4) is 5.75 Å². The number of nitrogens with zero attached hydrogens (tertiary/aromatic N) is 2. The summed E-state index contributed by atoms with van der Waals surface area (Å²) in [6, 6.07) is 8.87. The number of fused-ring (bicyclic) bond motifs is 1. The fourth-order valence-electron chi connectivity index (χ4n) is 2.95. The van der Waals surface area contributed by atoms with Crippen LogP contribution >= 0.6 is 0 Å². The maximum atomic E-state index is 12.5. The molecule has 0 saturated heterocycles. The molecule has 8 nitrogen and oxygen atoms in total. The Balaban J connectivity index is 2.12. The van der Waals surface area contributed by atoms with Gasteiger partial charge in [-0.3, -0.25) is 4.79 Å². The first-order chi connectivity index (χ1) is 14.6. The molecular weight excluding hydrogens is 400 g/mol. The molecule has 1 aromatic carbocycles. The first-order valence-corrected chi connectivity index (χ1v) is 10.6. The molecule has 0 radical (unpaired) electrons. The number of rotatable bonds is 10. The van der Waals surface area contributed by atoms with Gasteiger partial charge in [0.1, 0.15) is 18.0 Å². The van der Waals surface area contributed by atoms with E-state index in [0.29, 0.717) is 32.1 Å². The van der Waals surface area contributed by atoms with Gasteiger partial charge >= 0.3 is 6.09 Å². The number of benzene rings is 1. The van der Waals surface area contributed by atoms with Crippen molar-refractivity contribution in [3.63, 3.8) is 0 Å². The summed E-state index contributed by atoms with van der Waals surface area (Å²) in [5, 5.41) is 0.907. The monoisotopic (exact) mass is 434 g/mol. The number of carbonyl (C=O) groups excluding carboxylic acids is 1. The fraction of sp³-hybridized carbons (Fsp3) is 0.565. The number of amides is 1. The number of pyridine rings is 1. The second kappa shape index (κ2) is 11.2. The van der Waals surface area contributed by atoms with Crippen LogP contribution in [0.15, 0.2) is 35.1 Å². The van der Waals surface area contributed by atoms with Crippen LogP contribution in [0.1, 0.15) is 34.6 Å². The van der Waals surface area contributed by atoms with Crippen LogP contribution in [0.5, 0.6) is 5.75 Å². The molecule has 8 heteroatoms. The van der Waals surface area contributed by atoms with E-state index >= 15 is 0 Å². The van der Waals surface area contributed by atoms with Crippen molar-refractivity contribution in [1.29, 1.82) is 0 Å². The minimum atomic E-state index is -0.547. The summed E-state index contributed by atoms with van der Waals surface area (Å²) in [6.45, 7) is 11.2. The lowest BCUT2D eigenvalue weighted by atomic mass is 10.2. The van der Waals surface area contributed by atoms with Crippen molar-refractivity contribution < 1.29 is 23.7 Å². The van der Waals surface area contributed by atoms with Crippen molar-refractivity contribution >= 4 is 17.0 Å². The third-order valence-electron chi connectivity index (χ3n) is 4.40. The highest BCUT2D eigenvalue weighted by Crippen LogP contribution is 2.20. The molecule has 0 aliphatic rings. The van der Waals surface area contributed by atoms with Crippen molar-refractivity contribution in [2.45, 2.75) is 53.1 Å². The standard InChI is InChI=1S/C23H34N2O6/c1-7-28-21(29-8-2)16-25-19-15-18(11-9-17(19)10-12-20(25)26)30-14-13-24(6)22(27)31-23(3,4)5/h9-12,15,21H,7-8,13-14,16H2,1-6H3. The van der Waals surface area contributed by atoms with Gasteiger partial charge < -0.3 is 28.4 Å². The maximum Gasteiger partial charge on any atom is 0.410 e. The van der Waals surface area contributed by atoms with E-state index in [9.17, 15) is 9.59 Å². The molecule has 0 aliphatic carbocycles. The summed E-state index contributed by atoms with van der Waals surface area (Å²) in [5.41, 5.74) is 0.0447. The third-order valence-corrected chi connectivity index (χ3v) is 4.40. The Morgan fingerprint density at radius 3 is 2.35 bits per heavy atom. The molecular formula is C23H34N2O6. The van der Waals surface area contributed by atoms with Crippen molar-refractivity contribution in [3.05, 3.63) is 40.7 Å². The summed E-state index contributed by atoms with van der Waals surface area (Å²) in [7, 11) is 1.66. The molecule has 1 aromatic heterocycles. The summed E-state index contributed by atoms with van der Waals surface area (Å²) in [6.07, 6.45) is -0.910. The van der Waals surface area contributed by atoms with E-state index < -0.39 is 18.0 Å². The molecule has 1 amide bonds. The molecule has 0 N–H and O–H groups in total. The number of hydrogen-bond acceptors (Lipinski definition) is 6. The van der Waals surface area contributed by atoms with E-state index in [-0.39, 0.29) is 12.1 Å². The van der Waals surface area contributed by atoms with Crippen LogP contribution in [0.25, 0.3) is 10.9 Å². The van der Waals surface area contributed by atoms with Crippen LogP contribution < -0.4 is 10.3 Å². The highest BCUT2D eigenvalue weighted by atomic mass is 16.7. The van der Waals surface area contributed by atoms with Crippen molar-refractivity contribution in [2.24, 2.45) is 0 Å². The van der Waals surface area contributed by atoms with Crippen LogP contribution in [0.2, 0.25) is 0 Å². The highest BCUT2D eigenvalue weighted by Gasteiger charge is 2.19. The summed E-state index contributed by atoms with van der Waals surface area (Å²) < 4.78 is 24.0. The first kappa shape index (κ1) is 24.7. The molecule has 2 aromatic rings. The van der Waals surface area contributed by atoms with E-state index in [1.165, 1.54) is 11.0 Å². The van der Waals surface area contributed by atoms with Crippen LogP contribution in [0.3, 0.4) is 0 Å². The maximum absolute atomic E-state index is 12.5. The molecule has 1 heterocycles. The Hall–Kier alpha value is -2.58. The molecule has 31 heavy (non-hydrogen) atoms. The van der Waals surface area contributed by atoms with E-state index in [0.717, 1.165) is 10.9 Å². The van der Waals surface area contributed by atoms with Gasteiger partial charge in [0.05, 0.1) is 18.6 Å². The summed E-state index contributed by atoms with van der Waals surface area (Å²) in [5.74, 6) is 0.605. The van der Waals surface area contributed by atoms with Crippen LogP contribution in [0, 0.1) is 0 Å². The minimum Gasteiger partial charge on any atom is -0.492 e. The largest absolute Gasteiger partial charge is 0.492 e. The van der Waals surface area contributed by atoms with Gasteiger partial charge in [0.15, 0.2) is 6.29 Å². The van der Waals surface area contributed by atoms with Gasteiger partial charge in [0, 0.05) is 32.4 Å². The SMILES string of the molecule is CCOC(Cn1c(=O)ccc2ccc(OCCN(C)C(=O)OC(C)(C)C)cc21)OCC. The zero-order chi connectivity index (χ0) is 23.0. The van der Waals surface area contributed by atoms with Crippen LogP contribution in [-0.2, 0) is 20.8 Å². The topological polar surface area (TPSA) is 79.2 Å². The summed E-state index contributed by atoms with van der Waals surface area (Å²) >= 11 is 0. The molecule has 0 fully saturated rings. The first-order valence-electron chi connectivity index (χ1n) is 10.6. The zero-order valence-electron chi connectivity index (χ0n) is 19.3. The van der Waals surface area contributed by atoms with Crippen LogP contribution in [-0.4, -0.2) is 60.9 Å². The van der Waals surface area contributed by atoms with Gasteiger partial charge in [-0.25, -0.2) is 4.79 Å². The number of carbonyl (C=O) groups is 1. The minimum absolute atomic E-state index is 0.140. The highest BCUT2D eigenvalue weighted by molar-refractivity contribution is 5.80. The number of ether oxygens (including phenoxy) is 4. The van der Waals surface area contributed by atoms with E-state index in [4.69, 9.17) is 18.9 Å². The zero-order valence-corrected chi connectivity index (χ0v) is 19.3. The Bertz CT molecular complexity index is 912. The smallest absolute Gasteiger partial charge is 0.410 e. The van der Waals surface area contributed by atoms with E-state index in [1.807, 2.05) is 52.8 Å². The van der Waals surface area contributed by atoms with Gasteiger partial charge in [0.2, 0.25) is 0 Å². The molecule has 2 rings (SSSR count). The van der Waals surface area contributed by atoms with Gasteiger partial charge in [0.25, 0.3) is 5.56 Å². The van der Waals surface area contributed by atoms with Crippen molar-refractivity contribution in [1.82, 2.24) is 9.47 Å². The van der Waals surface area contributed by atoms with Crippen LogP contribution in [0.4, 0.5) is 4.79 Å². The predicted molar refractivity (Wildman–Crippen MR) is 120 cm³/mol.